The normalized spacial score (nSPS) is 18.1. The van der Waals surface area contributed by atoms with Crippen LogP contribution in [0.15, 0.2) is 22.9 Å². The van der Waals surface area contributed by atoms with E-state index >= 15 is 0 Å². The molecule has 0 unspecified atom stereocenters. The molecule has 1 N–H and O–H groups in total. The quantitative estimate of drug-likeness (QED) is 0.824. The van der Waals surface area contributed by atoms with Crippen molar-refractivity contribution in [3.63, 3.8) is 0 Å². The first kappa shape index (κ1) is 9.93. The average Bonchev–Trinajstić information content (AvgIpc) is 2.23. The maximum absolute atomic E-state index is 4.17. The van der Waals surface area contributed by atoms with Gasteiger partial charge in [0.05, 0.1) is 5.69 Å². The fourth-order valence-corrected chi connectivity index (χ4v) is 1.98. The van der Waals surface area contributed by atoms with Crippen molar-refractivity contribution in [3.8, 4) is 0 Å². The highest BCUT2D eigenvalue weighted by Gasteiger charge is 2.10. The molecule has 0 atom stereocenters. The Hall–Kier alpha value is -0.610. The number of piperidine rings is 1. The van der Waals surface area contributed by atoms with Crippen LogP contribution in [0.5, 0.6) is 0 Å². The van der Waals surface area contributed by atoms with Gasteiger partial charge in [-0.1, -0.05) is 6.42 Å². The highest BCUT2D eigenvalue weighted by molar-refractivity contribution is 9.10. The SMILES string of the molecule is Brc1ncccc1NN1CCCCC1. The zero-order valence-electron chi connectivity index (χ0n) is 8.04. The van der Waals surface area contributed by atoms with Crippen LogP contribution in [0.3, 0.4) is 0 Å². The van der Waals surface area contributed by atoms with Crippen LogP contribution in [-0.2, 0) is 0 Å². The van der Waals surface area contributed by atoms with E-state index in [2.05, 4.69) is 31.3 Å². The first-order valence-electron chi connectivity index (χ1n) is 4.98. The lowest BCUT2D eigenvalue weighted by atomic mass is 10.2. The lowest BCUT2D eigenvalue weighted by Gasteiger charge is -2.27. The summed E-state index contributed by atoms with van der Waals surface area (Å²) in [4.78, 5) is 4.17. The Morgan fingerprint density at radius 1 is 1.29 bits per heavy atom. The summed E-state index contributed by atoms with van der Waals surface area (Å²) in [5.74, 6) is 0. The summed E-state index contributed by atoms with van der Waals surface area (Å²) in [5, 5.41) is 2.26. The molecule has 0 aromatic carbocycles. The first-order valence-corrected chi connectivity index (χ1v) is 5.78. The number of aromatic nitrogens is 1. The summed E-state index contributed by atoms with van der Waals surface area (Å²) in [6, 6.07) is 3.97. The Morgan fingerprint density at radius 3 is 2.79 bits per heavy atom. The van der Waals surface area contributed by atoms with Gasteiger partial charge in [0.25, 0.3) is 0 Å². The van der Waals surface area contributed by atoms with E-state index in [9.17, 15) is 0 Å². The molecule has 0 radical (unpaired) electrons. The lowest BCUT2D eigenvalue weighted by Crippen LogP contribution is -2.34. The van der Waals surface area contributed by atoms with Crippen LogP contribution in [0.25, 0.3) is 0 Å². The third-order valence-corrected chi connectivity index (χ3v) is 3.03. The molecule has 0 aliphatic carbocycles. The van der Waals surface area contributed by atoms with Gasteiger partial charge in [0, 0.05) is 19.3 Å². The highest BCUT2D eigenvalue weighted by Crippen LogP contribution is 2.20. The third-order valence-electron chi connectivity index (χ3n) is 2.39. The Morgan fingerprint density at radius 2 is 2.07 bits per heavy atom. The maximum Gasteiger partial charge on any atom is 0.130 e. The van der Waals surface area contributed by atoms with E-state index in [0.717, 1.165) is 23.4 Å². The second-order valence-corrected chi connectivity index (χ2v) is 4.25. The van der Waals surface area contributed by atoms with Crippen molar-refractivity contribution in [1.29, 1.82) is 0 Å². The molecule has 3 nitrogen and oxygen atoms in total. The van der Waals surface area contributed by atoms with Crippen LogP contribution in [0.1, 0.15) is 19.3 Å². The standard InChI is InChI=1S/C10H14BrN3/c11-10-9(5-4-6-12-10)13-14-7-2-1-3-8-14/h4-6,13H,1-3,7-8H2. The topological polar surface area (TPSA) is 28.2 Å². The van der Waals surface area contributed by atoms with Gasteiger partial charge in [-0.25, -0.2) is 9.99 Å². The average molecular weight is 256 g/mol. The van der Waals surface area contributed by atoms with E-state index in [-0.39, 0.29) is 0 Å². The predicted octanol–water partition coefficient (Wildman–Crippen LogP) is 2.66. The van der Waals surface area contributed by atoms with Gasteiger partial charge in [0.2, 0.25) is 0 Å². The first-order chi connectivity index (χ1) is 6.86. The van der Waals surface area contributed by atoms with Crippen molar-refractivity contribution < 1.29 is 0 Å². The summed E-state index contributed by atoms with van der Waals surface area (Å²) >= 11 is 3.42. The van der Waals surface area contributed by atoms with Gasteiger partial charge < -0.3 is 5.43 Å². The third kappa shape index (κ3) is 2.45. The van der Waals surface area contributed by atoms with Gasteiger partial charge in [0.1, 0.15) is 4.60 Å². The van der Waals surface area contributed by atoms with Crippen LogP contribution >= 0.6 is 15.9 Å². The summed E-state index contributed by atoms with van der Waals surface area (Å²) in [7, 11) is 0. The Bertz CT molecular complexity index is 297. The van der Waals surface area contributed by atoms with Crippen molar-refractivity contribution in [3.05, 3.63) is 22.9 Å². The van der Waals surface area contributed by atoms with Crippen molar-refractivity contribution in [2.75, 3.05) is 18.5 Å². The van der Waals surface area contributed by atoms with E-state index in [1.807, 2.05) is 12.1 Å². The molecule has 2 heterocycles. The highest BCUT2D eigenvalue weighted by atomic mass is 79.9. The molecule has 4 heteroatoms. The predicted molar refractivity (Wildman–Crippen MR) is 61.0 cm³/mol. The molecular weight excluding hydrogens is 242 g/mol. The van der Waals surface area contributed by atoms with Crippen molar-refractivity contribution >= 4 is 21.6 Å². The monoisotopic (exact) mass is 255 g/mol. The minimum Gasteiger partial charge on any atom is -0.316 e. The Balaban J connectivity index is 1.99. The lowest BCUT2D eigenvalue weighted by molar-refractivity contribution is 0.273. The number of hydrogen-bond donors (Lipinski definition) is 1. The van der Waals surface area contributed by atoms with Crippen LogP contribution in [0.4, 0.5) is 5.69 Å². The van der Waals surface area contributed by atoms with Crippen LogP contribution in [-0.4, -0.2) is 23.1 Å². The second kappa shape index (κ2) is 4.75. The van der Waals surface area contributed by atoms with E-state index in [1.165, 1.54) is 19.3 Å². The largest absolute Gasteiger partial charge is 0.316 e. The fraction of sp³-hybridized carbons (Fsp3) is 0.500. The van der Waals surface area contributed by atoms with Crippen molar-refractivity contribution in [2.24, 2.45) is 0 Å². The summed E-state index contributed by atoms with van der Waals surface area (Å²) in [6.45, 7) is 2.25. The maximum atomic E-state index is 4.17. The van der Waals surface area contributed by atoms with Crippen molar-refractivity contribution in [2.45, 2.75) is 19.3 Å². The van der Waals surface area contributed by atoms with Crippen molar-refractivity contribution in [1.82, 2.24) is 9.99 Å². The minimum absolute atomic E-state index is 0.880. The molecule has 1 saturated heterocycles. The number of nitrogens with one attached hydrogen (secondary N) is 1. The van der Waals surface area contributed by atoms with E-state index in [1.54, 1.807) is 6.20 Å². The molecule has 1 fully saturated rings. The molecule has 2 rings (SSSR count). The fourth-order valence-electron chi connectivity index (χ4n) is 1.65. The molecule has 14 heavy (non-hydrogen) atoms. The summed E-state index contributed by atoms with van der Waals surface area (Å²) in [6.07, 6.45) is 5.70. The Kier molecular flexibility index (Phi) is 3.37. The molecule has 76 valence electrons. The number of nitrogens with zero attached hydrogens (tertiary/aromatic N) is 2. The van der Waals surface area contributed by atoms with Crippen LogP contribution in [0.2, 0.25) is 0 Å². The van der Waals surface area contributed by atoms with Gasteiger partial charge in [-0.3, -0.25) is 0 Å². The molecule has 0 amide bonds. The number of anilines is 1. The summed E-state index contributed by atoms with van der Waals surface area (Å²) in [5.41, 5.74) is 4.42. The number of hydrazine groups is 1. The smallest absolute Gasteiger partial charge is 0.130 e. The summed E-state index contributed by atoms with van der Waals surface area (Å²) < 4.78 is 0.880. The Labute approximate surface area is 92.6 Å². The molecular formula is C10H14BrN3. The van der Waals surface area contributed by atoms with E-state index in [4.69, 9.17) is 0 Å². The number of rotatable bonds is 2. The van der Waals surface area contributed by atoms with Gasteiger partial charge in [-0.2, -0.15) is 0 Å². The van der Waals surface area contributed by atoms with Gasteiger partial charge in [0.15, 0.2) is 0 Å². The number of hydrogen-bond acceptors (Lipinski definition) is 3. The van der Waals surface area contributed by atoms with E-state index < -0.39 is 0 Å². The zero-order valence-corrected chi connectivity index (χ0v) is 9.63. The minimum atomic E-state index is 0.880. The molecule has 0 spiro atoms. The zero-order chi connectivity index (χ0) is 9.80. The second-order valence-electron chi connectivity index (χ2n) is 3.50. The molecule has 1 aliphatic heterocycles. The van der Waals surface area contributed by atoms with Gasteiger partial charge in [-0.05, 0) is 40.9 Å². The van der Waals surface area contributed by atoms with E-state index in [0.29, 0.717) is 0 Å². The van der Waals surface area contributed by atoms with Crippen LogP contribution in [0, 0.1) is 0 Å². The number of pyridine rings is 1. The van der Waals surface area contributed by atoms with Gasteiger partial charge in [-0.15, -0.1) is 0 Å². The van der Waals surface area contributed by atoms with Gasteiger partial charge >= 0.3 is 0 Å². The molecule has 1 aliphatic rings. The van der Waals surface area contributed by atoms with Crippen LogP contribution < -0.4 is 5.43 Å². The molecule has 0 bridgehead atoms. The molecule has 1 aromatic rings. The molecule has 1 aromatic heterocycles. The number of halogens is 1. The molecule has 0 saturated carbocycles.